The summed E-state index contributed by atoms with van der Waals surface area (Å²) in [6.07, 6.45) is 0. The lowest BCUT2D eigenvalue weighted by molar-refractivity contribution is 0.434. The summed E-state index contributed by atoms with van der Waals surface area (Å²) in [6.45, 7) is 0.196. The topological polar surface area (TPSA) is 80.5 Å². The summed E-state index contributed by atoms with van der Waals surface area (Å²) in [5, 5.41) is 0.0538. The second-order valence-electron chi connectivity index (χ2n) is 4.06. The Bertz CT molecular complexity index is 626. The number of benzene rings is 1. The van der Waals surface area contributed by atoms with Crippen molar-refractivity contribution in [3.63, 3.8) is 0 Å². The van der Waals surface area contributed by atoms with Crippen LogP contribution in [0.3, 0.4) is 0 Å². The molecule has 0 bridgehead atoms. The van der Waals surface area contributed by atoms with Crippen molar-refractivity contribution in [2.75, 3.05) is 30.3 Å². The van der Waals surface area contributed by atoms with E-state index in [4.69, 9.17) is 17.3 Å². The average molecular weight is 327 g/mol. The molecule has 0 amide bonds. The summed E-state index contributed by atoms with van der Waals surface area (Å²) in [6, 6.07) is 2.19. The minimum Gasteiger partial charge on any atom is -0.396 e. The molecule has 0 unspecified atom stereocenters. The number of anilines is 1. The molecular formula is C10H12ClFN2O3S2. The molecule has 5 nitrogen and oxygen atoms in total. The molecule has 19 heavy (non-hydrogen) atoms. The molecule has 1 aromatic carbocycles. The molecule has 1 heterocycles. The third kappa shape index (κ3) is 2.91. The van der Waals surface area contributed by atoms with Crippen molar-refractivity contribution in [1.82, 2.24) is 4.31 Å². The Balaban J connectivity index is 2.42. The van der Waals surface area contributed by atoms with Crippen LogP contribution in [0.15, 0.2) is 17.0 Å². The van der Waals surface area contributed by atoms with Crippen LogP contribution in [-0.2, 0) is 20.8 Å². The van der Waals surface area contributed by atoms with Crippen molar-refractivity contribution < 1.29 is 17.0 Å². The Kier molecular flexibility index (Phi) is 4.14. The number of rotatable bonds is 2. The van der Waals surface area contributed by atoms with Gasteiger partial charge < -0.3 is 5.73 Å². The second kappa shape index (κ2) is 5.35. The fourth-order valence-corrected chi connectivity index (χ4v) is 4.91. The molecule has 1 saturated heterocycles. The summed E-state index contributed by atoms with van der Waals surface area (Å²) in [7, 11) is -5.02. The first-order chi connectivity index (χ1) is 8.82. The zero-order valence-corrected chi connectivity index (χ0v) is 12.2. The lowest BCUT2D eigenvalue weighted by atomic mass is 10.3. The van der Waals surface area contributed by atoms with E-state index in [9.17, 15) is 17.0 Å². The van der Waals surface area contributed by atoms with Crippen LogP contribution in [0.2, 0.25) is 5.02 Å². The summed E-state index contributed by atoms with van der Waals surface area (Å²) in [5.41, 5.74) is 5.07. The van der Waals surface area contributed by atoms with Crippen LogP contribution in [0, 0.1) is 5.82 Å². The molecule has 2 N–H and O–H groups in total. The van der Waals surface area contributed by atoms with Gasteiger partial charge in [-0.3, -0.25) is 4.21 Å². The maximum absolute atomic E-state index is 13.9. The number of sulfonamides is 1. The normalized spacial score (nSPS) is 18.6. The molecular weight excluding hydrogens is 315 g/mol. The van der Waals surface area contributed by atoms with E-state index in [2.05, 4.69) is 0 Å². The Morgan fingerprint density at radius 3 is 2.47 bits per heavy atom. The zero-order valence-electron chi connectivity index (χ0n) is 9.80. The van der Waals surface area contributed by atoms with Gasteiger partial charge in [-0.25, -0.2) is 12.8 Å². The van der Waals surface area contributed by atoms with E-state index in [0.717, 1.165) is 16.4 Å². The Hall–Kier alpha value is -0.700. The molecule has 0 spiro atoms. The van der Waals surface area contributed by atoms with E-state index in [-0.39, 0.29) is 35.3 Å². The monoisotopic (exact) mass is 326 g/mol. The molecule has 2 rings (SSSR count). The molecule has 1 aliphatic heterocycles. The lowest BCUT2D eigenvalue weighted by Crippen LogP contribution is -2.42. The maximum atomic E-state index is 13.9. The second-order valence-corrected chi connectivity index (χ2v) is 8.10. The number of hydrogen-bond donors (Lipinski definition) is 1. The zero-order chi connectivity index (χ0) is 14.2. The van der Waals surface area contributed by atoms with Crippen LogP contribution in [0.5, 0.6) is 0 Å². The van der Waals surface area contributed by atoms with Gasteiger partial charge in [-0.15, -0.1) is 0 Å². The first kappa shape index (κ1) is 14.7. The third-order valence-corrected chi connectivity index (χ3v) is 6.18. The maximum Gasteiger partial charge on any atom is 0.246 e. The van der Waals surface area contributed by atoms with Crippen LogP contribution in [0.1, 0.15) is 0 Å². The van der Waals surface area contributed by atoms with Gasteiger partial charge in [0.25, 0.3) is 0 Å². The van der Waals surface area contributed by atoms with E-state index >= 15 is 0 Å². The highest BCUT2D eigenvalue weighted by atomic mass is 35.5. The first-order valence-electron chi connectivity index (χ1n) is 5.42. The van der Waals surface area contributed by atoms with Gasteiger partial charge in [0, 0.05) is 40.4 Å². The predicted octanol–water partition coefficient (Wildman–Crippen LogP) is 0.814. The average Bonchev–Trinajstić information content (AvgIpc) is 2.34. The highest BCUT2D eigenvalue weighted by molar-refractivity contribution is 7.89. The van der Waals surface area contributed by atoms with Crippen LogP contribution < -0.4 is 5.73 Å². The smallest absolute Gasteiger partial charge is 0.246 e. The minimum atomic E-state index is -4.00. The Morgan fingerprint density at radius 1 is 1.32 bits per heavy atom. The standard InChI is InChI=1S/C10H12ClFN2O3S2/c11-7-5-8(13)10(12)9(6-7)19(16,17)14-1-3-18(15)4-2-14/h5-6H,1-4,13H2. The van der Waals surface area contributed by atoms with Crippen molar-refractivity contribution in [2.45, 2.75) is 4.90 Å². The molecule has 9 heteroatoms. The van der Waals surface area contributed by atoms with Gasteiger partial charge in [-0.05, 0) is 12.1 Å². The van der Waals surface area contributed by atoms with E-state index in [1.807, 2.05) is 0 Å². The van der Waals surface area contributed by atoms with E-state index in [1.165, 1.54) is 0 Å². The van der Waals surface area contributed by atoms with E-state index in [1.54, 1.807) is 0 Å². The molecule has 106 valence electrons. The van der Waals surface area contributed by atoms with Crippen LogP contribution in [0.25, 0.3) is 0 Å². The minimum absolute atomic E-state index is 0.0538. The quantitative estimate of drug-likeness (QED) is 0.816. The largest absolute Gasteiger partial charge is 0.396 e. The predicted molar refractivity (Wildman–Crippen MR) is 72.5 cm³/mol. The highest BCUT2D eigenvalue weighted by Crippen LogP contribution is 2.28. The molecule has 0 saturated carbocycles. The first-order valence-corrected chi connectivity index (χ1v) is 8.72. The lowest BCUT2D eigenvalue weighted by Gasteiger charge is -2.25. The summed E-state index contributed by atoms with van der Waals surface area (Å²) in [5.74, 6) is -0.510. The molecule has 0 atom stereocenters. The van der Waals surface area contributed by atoms with Gasteiger partial charge >= 0.3 is 0 Å². The van der Waals surface area contributed by atoms with Crippen molar-refractivity contribution >= 4 is 38.1 Å². The van der Waals surface area contributed by atoms with Gasteiger partial charge in [0.15, 0.2) is 5.82 Å². The van der Waals surface area contributed by atoms with Crippen LogP contribution >= 0.6 is 11.6 Å². The fourth-order valence-electron chi connectivity index (χ4n) is 1.77. The third-order valence-electron chi connectivity index (χ3n) is 2.79. The highest BCUT2D eigenvalue weighted by Gasteiger charge is 2.31. The van der Waals surface area contributed by atoms with Gasteiger partial charge in [-0.2, -0.15) is 4.31 Å². The van der Waals surface area contributed by atoms with Crippen molar-refractivity contribution in [3.05, 3.63) is 23.0 Å². The molecule has 0 aromatic heterocycles. The fraction of sp³-hybridized carbons (Fsp3) is 0.400. The molecule has 1 aliphatic rings. The summed E-state index contributed by atoms with van der Waals surface area (Å²) >= 11 is 5.71. The number of nitrogen functional groups attached to an aromatic ring is 1. The van der Waals surface area contributed by atoms with Gasteiger partial charge in [0.05, 0.1) is 5.69 Å². The van der Waals surface area contributed by atoms with E-state index in [0.29, 0.717) is 0 Å². The van der Waals surface area contributed by atoms with Crippen molar-refractivity contribution in [3.8, 4) is 0 Å². The summed E-state index contributed by atoms with van der Waals surface area (Å²) < 4.78 is 50.8. The number of halogens is 2. The summed E-state index contributed by atoms with van der Waals surface area (Å²) in [4.78, 5) is -0.537. The van der Waals surface area contributed by atoms with E-state index < -0.39 is 31.5 Å². The molecule has 1 aromatic rings. The number of hydrogen-bond acceptors (Lipinski definition) is 4. The van der Waals surface area contributed by atoms with Gasteiger partial charge in [0.1, 0.15) is 4.90 Å². The Labute approximate surface area is 118 Å². The SMILES string of the molecule is Nc1cc(Cl)cc(S(=O)(=O)N2CCS(=O)CC2)c1F. The van der Waals surface area contributed by atoms with Gasteiger partial charge in [0.2, 0.25) is 10.0 Å². The number of nitrogens with zero attached hydrogens (tertiary/aromatic N) is 1. The van der Waals surface area contributed by atoms with Crippen LogP contribution in [0.4, 0.5) is 10.1 Å². The van der Waals surface area contributed by atoms with Gasteiger partial charge in [-0.1, -0.05) is 11.6 Å². The molecule has 0 aliphatic carbocycles. The van der Waals surface area contributed by atoms with Crippen LogP contribution in [-0.4, -0.2) is 41.5 Å². The molecule has 0 radical (unpaired) electrons. The van der Waals surface area contributed by atoms with Crippen molar-refractivity contribution in [1.29, 1.82) is 0 Å². The van der Waals surface area contributed by atoms with Crippen molar-refractivity contribution in [2.24, 2.45) is 0 Å². The Morgan fingerprint density at radius 2 is 1.89 bits per heavy atom. The molecule has 1 fully saturated rings. The number of nitrogens with two attached hydrogens (primary N) is 1.